The molecule has 0 radical (unpaired) electrons. The van der Waals surface area contributed by atoms with E-state index in [1.165, 1.54) is 24.3 Å². The Balaban J connectivity index is 2.07. The molecular formula is C20H13IN2O4. The molecule has 6 nitrogen and oxygen atoms in total. The summed E-state index contributed by atoms with van der Waals surface area (Å²) in [5.41, 5.74) is 2.70. The van der Waals surface area contributed by atoms with Gasteiger partial charge < -0.3 is 10.2 Å². The number of benzene rings is 3. The number of carbonyl (C=O) groups is 2. The van der Waals surface area contributed by atoms with Crippen molar-refractivity contribution in [3.05, 3.63) is 81.4 Å². The summed E-state index contributed by atoms with van der Waals surface area (Å²) < 4.78 is 0.917. The van der Waals surface area contributed by atoms with Crippen LogP contribution in [0.4, 0.5) is 11.4 Å². The summed E-state index contributed by atoms with van der Waals surface area (Å²) in [6.45, 7) is 0. The summed E-state index contributed by atoms with van der Waals surface area (Å²) in [7, 11) is 0. The van der Waals surface area contributed by atoms with Crippen molar-refractivity contribution in [3.8, 4) is 11.1 Å². The second kappa shape index (κ2) is 8.09. The summed E-state index contributed by atoms with van der Waals surface area (Å²) in [4.78, 5) is 22.3. The Hall–Kier alpha value is -3.07. The molecule has 134 valence electrons. The first-order valence-electron chi connectivity index (χ1n) is 7.83. The van der Waals surface area contributed by atoms with Crippen LogP contribution in [-0.4, -0.2) is 22.2 Å². The van der Waals surface area contributed by atoms with Crippen LogP contribution in [0.2, 0.25) is 0 Å². The van der Waals surface area contributed by atoms with E-state index < -0.39 is 11.9 Å². The molecule has 3 aromatic carbocycles. The number of hydrogen-bond acceptors (Lipinski definition) is 4. The van der Waals surface area contributed by atoms with E-state index in [4.69, 9.17) is 5.11 Å². The highest BCUT2D eigenvalue weighted by Crippen LogP contribution is 2.33. The van der Waals surface area contributed by atoms with Crippen molar-refractivity contribution < 1.29 is 19.8 Å². The molecule has 3 rings (SSSR count). The molecule has 0 aliphatic heterocycles. The van der Waals surface area contributed by atoms with E-state index in [0.717, 1.165) is 3.57 Å². The van der Waals surface area contributed by atoms with Gasteiger partial charge in [0.05, 0.1) is 22.5 Å². The minimum atomic E-state index is -1.06. The molecule has 27 heavy (non-hydrogen) atoms. The van der Waals surface area contributed by atoms with Gasteiger partial charge in [-0.15, -0.1) is 10.2 Å². The molecule has 0 amide bonds. The molecule has 0 aliphatic rings. The van der Waals surface area contributed by atoms with E-state index in [2.05, 4.69) is 32.8 Å². The lowest BCUT2D eigenvalue weighted by Crippen LogP contribution is -1.96. The van der Waals surface area contributed by atoms with Crippen LogP contribution in [0.25, 0.3) is 11.1 Å². The van der Waals surface area contributed by atoms with Crippen molar-refractivity contribution in [3.63, 3.8) is 0 Å². The molecule has 7 heteroatoms. The standard InChI is InChI=1S/C20H13IN2O4/c21-16-3-1-2-4-17(16)22-23-18-11-14(20(26)27)9-10-15(18)12-5-7-13(8-6-12)19(24)25/h1-11H,(H,24,25)(H,26,27). The largest absolute Gasteiger partial charge is 0.478 e. The fourth-order valence-electron chi connectivity index (χ4n) is 2.42. The summed E-state index contributed by atoms with van der Waals surface area (Å²) in [5.74, 6) is -2.07. The van der Waals surface area contributed by atoms with Crippen LogP contribution >= 0.6 is 22.6 Å². The maximum Gasteiger partial charge on any atom is 0.335 e. The van der Waals surface area contributed by atoms with Gasteiger partial charge in [-0.1, -0.05) is 30.3 Å². The second-order valence-corrected chi connectivity index (χ2v) is 6.73. The van der Waals surface area contributed by atoms with Gasteiger partial charge in [-0.2, -0.15) is 0 Å². The molecule has 0 bridgehead atoms. The first kappa shape index (κ1) is 18.7. The van der Waals surface area contributed by atoms with Gasteiger partial charge in [0.25, 0.3) is 0 Å². The van der Waals surface area contributed by atoms with Crippen molar-refractivity contribution in [2.75, 3.05) is 0 Å². The van der Waals surface area contributed by atoms with Crippen molar-refractivity contribution in [1.29, 1.82) is 0 Å². The molecule has 0 heterocycles. The van der Waals surface area contributed by atoms with Gasteiger partial charge in [0, 0.05) is 9.13 Å². The van der Waals surface area contributed by atoms with Gasteiger partial charge in [0.1, 0.15) is 0 Å². The number of azo groups is 1. The topological polar surface area (TPSA) is 99.3 Å². The van der Waals surface area contributed by atoms with Crippen LogP contribution in [-0.2, 0) is 0 Å². The van der Waals surface area contributed by atoms with Gasteiger partial charge in [0.15, 0.2) is 0 Å². The molecular weight excluding hydrogens is 459 g/mol. The van der Waals surface area contributed by atoms with Gasteiger partial charge >= 0.3 is 11.9 Å². The number of carboxylic acid groups (broad SMARTS) is 2. The number of aromatic carboxylic acids is 2. The lowest BCUT2D eigenvalue weighted by molar-refractivity contribution is 0.0686. The summed E-state index contributed by atoms with van der Waals surface area (Å²) in [6, 6.07) is 18.3. The Labute approximate surface area is 168 Å². The Kier molecular flexibility index (Phi) is 5.60. The highest BCUT2D eigenvalue weighted by molar-refractivity contribution is 14.1. The number of rotatable bonds is 5. The molecule has 0 spiro atoms. The Morgan fingerprint density at radius 2 is 1.33 bits per heavy atom. The molecule has 0 saturated carbocycles. The number of carboxylic acids is 2. The normalized spacial score (nSPS) is 10.9. The van der Waals surface area contributed by atoms with Gasteiger partial charge in [-0.25, -0.2) is 9.59 Å². The zero-order chi connectivity index (χ0) is 19.4. The van der Waals surface area contributed by atoms with Crippen molar-refractivity contribution >= 4 is 45.9 Å². The average Bonchev–Trinajstić information content (AvgIpc) is 2.67. The fraction of sp³-hybridized carbons (Fsp3) is 0. The Morgan fingerprint density at radius 3 is 1.96 bits per heavy atom. The van der Waals surface area contributed by atoms with E-state index in [1.807, 2.05) is 24.3 Å². The minimum absolute atomic E-state index is 0.0950. The third-order valence-electron chi connectivity index (χ3n) is 3.81. The molecule has 0 aromatic heterocycles. The smallest absolute Gasteiger partial charge is 0.335 e. The molecule has 0 atom stereocenters. The first-order chi connectivity index (χ1) is 13.0. The van der Waals surface area contributed by atoms with Crippen LogP contribution in [0, 0.1) is 3.57 Å². The molecule has 0 unspecified atom stereocenters. The average molecular weight is 472 g/mol. The molecule has 3 aromatic rings. The summed E-state index contributed by atoms with van der Waals surface area (Å²) in [5, 5.41) is 26.8. The molecule has 0 fully saturated rings. The monoisotopic (exact) mass is 472 g/mol. The number of nitrogens with zero attached hydrogens (tertiary/aromatic N) is 2. The van der Waals surface area contributed by atoms with Crippen LogP contribution in [0.15, 0.2) is 77.0 Å². The van der Waals surface area contributed by atoms with Crippen molar-refractivity contribution in [2.24, 2.45) is 10.2 Å². The lowest BCUT2D eigenvalue weighted by atomic mass is 10.0. The van der Waals surface area contributed by atoms with Gasteiger partial charge in [0.2, 0.25) is 0 Å². The Bertz CT molecular complexity index is 1050. The third kappa shape index (κ3) is 4.37. The van der Waals surface area contributed by atoms with Crippen LogP contribution < -0.4 is 0 Å². The van der Waals surface area contributed by atoms with Crippen molar-refractivity contribution in [2.45, 2.75) is 0 Å². The van der Waals surface area contributed by atoms with Crippen molar-refractivity contribution in [1.82, 2.24) is 0 Å². The summed E-state index contributed by atoms with van der Waals surface area (Å²) in [6.07, 6.45) is 0. The number of hydrogen-bond donors (Lipinski definition) is 2. The first-order valence-corrected chi connectivity index (χ1v) is 8.91. The summed E-state index contributed by atoms with van der Waals surface area (Å²) >= 11 is 2.15. The van der Waals surface area contributed by atoms with E-state index in [0.29, 0.717) is 22.5 Å². The fourth-order valence-corrected chi connectivity index (χ4v) is 2.92. The molecule has 0 saturated heterocycles. The molecule has 2 N–H and O–H groups in total. The predicted molar refractivity (Wildman–Crippen MR) is 109 cm³/mol. The lowest BCUT2D eigenvalue weighted by Gasteiger charge is -2.07. The maximum absolute atomic E-state index is 11.3. The predicted octanol–water partition coefficient (Wildman–Crippen LogP) is 5.77. The van der Waals surface area contributed by atoms with Gasteiger partial charge in [-0.05, 0) is 64.6 Å². The zero-order valence-corrected chi connectivity index (χ0v) is 16.0. The maximum atomic E-state index is 11.3. The van der Waals surface area contributed by atoms with Crippen LogP contribution in [0.3, 0.4) is 0 Å². The van der Waals surface area contributed by atoms with Crippen LogP contribution in [0.1, 0.15) is 20.7 Å². The minimum Gasteiger partial charge on any atom is -0.478 e. The van der Waals surface area contributed by atoms with E-state index in [9.17, 15) is 14.7 Å². The molecule has 0 aliphatic carbocycles. The quantitative estimate of drug-likeness (QED) is 0.364. The second-order valence-electron chi connectivity index (χ2n) is 5.57. The van der Waals surface area contributed by atoms with E-state index in [-0.39, 0.29) is 11.1 Å². The zero-order valence-electron chi connectivity index (χ0n) is 13.8. The third-order valence-corrected chi connectivity index (χ3v) is 4.72. The van der Waals surface area contributed by atoms with E-state index >= 15 is 0 Å². The SMILES string of the molecule is O=C(O)c1ccc(-c2ccc(C(=O)O)cc2N=Nc2ccccc2I)cc1. The number of halogens is 1. The van der Waals surface area contributed by atoms with Gasteiger partial charge in [-0.3, -0.25) is 0 Å². The Morgan fingerprint density at radius 1 is 0.741 bits per heavy atom. The highest BCUT2D eigenvalue weighted by Gasteiger charge is 2.11. The highest BCUT2D eigenvalue weighted by atomic mass is 127. The van der Waals surface area contributed by atoms with Crippen LogP contribution in [0.5, 0.6) is 0 Å². The van der Waals surface area contributed by atoms with E-state index in [1.54, 1.807) is 18.2 Å².